The Morgan fingerprint density at radius 1 is 1.33 bits per heavy atom. The van der Waals surface area contributed by atoms with Crippen LogP contribution < -0.4 is 10.5 Å². The second-order valence-electron chi connectivity index (χ2n) is 4.62. The van der Waals surface area contributed by atoms with Crippen molar-refractivity contribution in [1.29, 1.82) is 0 Å². The van der Waals surface area contributed by atoms with E-state index in [1.54, 1.807) is 30.3 Å². The SMILES string of the molecule is CCC(N)c1cccc(S(=O)(=O)NCc2ccc(Cl)s2)c1. The van der Waals surface area contributed by atoms with Gasteiger partial charge in [-0.15, -0.1) is 11.3 Å². The summed E-state index contributed by atoms with van der Waals surface area (Å²) in [5.41, 5.74) is 6.77. The van der Waals surface area contributed by atoms with Crippen LogP contribution in [0.2, 0.25) is 4.34 Å². The number of benzene rings is 1. The molecule has 2 aromatic rings. The van der Waals surface area contributed by atoms with Crippen molar-refractivity contribution in [3.63, 3.8) is 0 Å². The Labute approximate surface area is 134 Å². The number of rotatable bonds is 6. The van der Waals surface area contributed by atoms with Gasteiger partial charge in [-0.2, -0.15) is 0 Å². The number of hydrogen-bond acceptors (Lipinski definition) is 4. The van der Waals surface area contributed by atoms with Gasteiger partial charge < -0.3 is 5.73 Å². The average Bonchev–Trinajstić information content (AvgIpc) is 2.90. The second kappa shape index (κ2) is 6.89. The fourth-order valence-corrected chi connectivity index (χ4v) is 4.02. The van der Waals surface area contributed by atoms with Gasteiger partial charge >= 0.3 is 0 Å². The highest BCUT2D eigenvalue weighted by Gasteiger charge is 2.15. The van der Waals surface area contributed by atoms with Gasteiger partial charge in [-0.3, -0.25) is 0 Å². The third-order valence-electron chi connectivity index (χ3n) is 3.10. The smallest absolute Gasteiger partial charge is 0.240 e. The molecule has 21 heavy (non-hydrogen) atoms. The molecular weight excluding hydrogens is 328 g/mol. The quantitative estimate of drug-likeness (QED) is 0.844. The molecular formula is C14H17ClN2O2S2. The van der Waals surface area contributed by atoms with E-state index in [0.717, 1.165) is 16.9 Å². The van der Waals surface area contributed by atoms with E-state index in [0.29, 0.717) is 4.34 Å². The molecule has 3 N–H and O–H groups in total. The Morgan fingerprint density at radius 3 is 2.71 bits per heavy atom. The maximum absolute atomic E-state index is 12.3. The predicted molar refractivity (Wildman–Crippen MR) is 87.0 cm³/mol. The fraction of sp³-hybridized carbons (Fsp3) is 0.286. The summed E-state index contributed by atoms with van der Waals surface area (Å²) in [5, 5.41) is 0. The summed E-state index contributed by atoms with van der Waals surface area (Å²) in [6, 6.07) is 10.1. The molecule has 0 saturated heterocycles. The highest BCUT2D eigenvalue weighted by molar-refractivity contribution is 7.89. The fourth-order valence-electron chi connectivity index (χ4n) is 1.84. The summed E-state index contributed by atoms with van der Waals surface area (Å²) in [4.78, 5) is 1.09. The lowest BCUT2D eigenvalue weighted by atomic mass is 10.1. The highest BCUT2D eigenvalue weighted by atomic mass is 35.5. The van der Waals surface area contributed by atoms with Crippen molar-refractivity contribution in [2.24, 2.45) is 5.73 Å². The molecule has 0 bridgehead atoms. The van der Waals surface area contributed by atoms with Crippen molar-refractivity contribution < 1.29 is 8.42 Å². The lowest BCUT2D eigenvalue weighted by Crippen LogP contribution is -2.23. The summed E-state index contributed by atoms with van der Waals surface area (Å²) in [7, 11) is -3.56. The van der Waals surface area contributed by atoms with E-state index in [2.05, 4.69) is 4.72 Å². The number of thiophene rings is 1. The number of halogens is 1. The number of nitrogens with one attached hydrogen (secondary N) is 1. The molecule has 0 radical (unpaired) electrons. The first kappa shape index (κ1) is 16.5. The first-order valence-electron chi connectivity index (χ1n) is 6.52. The Kier molecular flexibility index (Phi) is 5.40. The molecule has 0 aliphatic carbocycles. The van der Waals surface area contributed by atoms with Crippen molar-refractivity contribution in [3.8, 4) is 0 Å². The number of sulfonamides is 1. The van der Waals surface area contributed by atoms with Crippen LogP contribution in [0.4, 0.5) is 0 Å². The molecule has 2 rings (SSSR count). The molecule has 1 aromatic carbocycles. The third-order valence-corrected chi connectivity index (χ3v) is 5.73. The minimum absolute atomic E-state index is 0.156. The van der Waals surface area contributed by atoms with E-state index in [1.165, 1.54) is 11.3 Å². The van der Waals surface area contributed by atoms with Gasteiger partial charge in [0.15, 0.2) is 0 Å². The lowest BCUT2D eigenvalue weighted by molar-refractivity contribution is 0.581. The molecule has 1 atom stereocenters. The summed E-state index contributed by atoms with van der Waals surface area (Å²) in [6.45, 7) is 2.19. The van der Waals surface area contributed by atoms with E-state index in [1.807, 2.05) is 13.0 Å². The zero-order chi connectivity index (χ0) is 15.5. The summed E-state index contributed by atoms with van der Waals surface area (Å²) >= 11 is 7.18. The van der Waals surface area contributed by atoms with Gasteiger partial charge in [-0.1, -0.05) is 30.7 Å². The molecule has 0 amide bonds. The van der Waals surface area contributed by atoms with E-state index in [-0.39, 0.29) is 17.5 Å². The Hall–Kier alpha value is -0.920. The summed E-state index contributed by atoms with van der Waals surface area (Å²) in [6.07, 6.45) is 0.755. The van der Waals surface area contributed by atoms with Crippen molar-refractivity contribution in [1.82, 2.24) is 4.72 Å². The van der Waals surface area contributed by atoms with Gasteiger partial charge in [0, 0.05) is 17.5 Å². The maximum atomic E-state index is 12.3. The molecule has 0 spiro atoms. The maximum Gasteiger partial charge on any atom is 0.240 e. The molecule has 4 nitrogen and oxygen atoms in total. The highest BCUT2D eigenvalue weighted by Crippen LogP contribution is 2.22. The topological polar surface area (TPSA) is 72.2 Å². The van der Waals surface area contributed by atoms with Gasteiger partial charge in [0.05, 0.1) is 9.23 Å². The van der Waals surface area contributed by atoms with Crippen molar-refractivity contribution >= 4 is 33.0 Å². The minimum Gasteiger partial charge on any atom is -0.324 e. The molecule has 7 heteroatoms. The lowest BCUT2D eigenvalue weighted by Gasteiger charge is -2.11. The van der Waals surface area contributed by atoms with Crippen LogP contribution >= 0.6 is 22.9 Å². The molecule has 1 unspecified atom stereocenters. The normalized spacial score (nSPS) is 13.3. The van der Waals surface area contributed by atoms with Crippen LogP contribution in [0.25, 0.3) is 0 Å². The molecule has 0 aliphatic rings. The molecule has 0 fully saturated rings. The van der Waals surface area contributed by atoms with Gasteiger partial charge in [-0.05, 0) is 36.2 Å². The van der Waals surface area contributed by atoms with E-state index in [4.69, 9.17) is 17.3 Å². The summed E-state index contributed by atoms with van der Waals surface area (Å²) < 4.78 is 27.8. The second-order valence-corrected chi connectivity index (χ2v) is 8.18. The van der Waals surface area contributed by atoms with Crippen molar-refractivity contribution in [3.05, 3.63) is 51.2 Å². The van der Waals surface area contributed by atoms with E-state index >= 15 is 0 Å². The van der Waals surface area contributed by atoms with Crippen LogP contribution in [-0.2, 0) is 16.6 Å². The summed E-state index contributed by atoms with van der Waals surface area (Å²) in [5.74, 6) is 0. The van der Waals surface area contributed by atoms with Gasteiger partial charge in [0.1, 0.15) is 0 Å². The van der Waals surface area contributed by atoms with Crippen LogP contribution in [-0.4, -0.2) is 8.42 Å². The van der Waals surface area contributed by atoms with Crippen LogP contribution in [0.3, 0.4) is 0 Å². The molecule has 114 valence electrons. The average molecular weight is 345 g/mol. The minimum atomic E-state index is -3.56. The van der Waals surface area contributed by atoms with Crippen molar-refractivity contribution in [2.45, 2.75) is 30.8 Å². The van der Waals surface area contributed by atoms with Crippen LogP contribution in [0.15, 0.2) is 41.3 Å². The Balaban J connectivity index is 2.15. The largest absolute Gasteiger partial charge is 0.324 e. The standard InChI is InChI=1S/C14H17ClN2O2S2/c1-2-13(16)10-4-3-5-12(8-10)21(18,19)17-9-11-6-7-14(15)20-11/h3-8,13,17H,2,9,16H2,1H3. The Bertz CT molecular complexity index is 713. The van der Waals surface area contributed by atoms with Crippen LogP contribution in [0.5, 0.6) is 0 Å². The zero-order valence-electron chi connectivity index (χ0n) is 11.5. The van der Waals surface area contributed by atoms with Gasteiger partial charge in [0.2, 0.25) is 10.0 Å². The van der Waals surface area contributed by atoms with E-state index < -0.39 is 10.0 Å². The first-order chi connectivity index (χ1) is 9.92. The number of nitrogens with two attached hydrogens (primary N) is 1. The zero-order valence-corrected chi connectivity index (χ0v) is 13.9. The Morgan fingerprint density at radius 2 is 2.10 bits per heavy atom. The van der Waals surface area contributed by atoms with Gasteiger partial charge in [0.25, 0.3) is 0 Å². The molecule has 0 saturated carbocycles. The first-order valence-corrected chi connectivity index (χ1v) is 9.19. The molecule has 1 aromatic heterocycles. The molecule has 0 aliphatic heterocycles. The van der Waals surface area contributed by atoms with Crippen LogP contribution in [0, 0.1) is 0 Å². The predicted octanol–water partition coefficient (Wildman–Crippen LogP) is 3.29. The van der Waals surface area contributed by atoms with Crippen LogP contribution in [0.1, 0.15) is 29.8 Å². The molecule has 1 heterocycles. The number of hydrogen-bond donors (Lipinski definition) is 2. The van der Waals surface area contributed by atoms with Gasteiger partial charge in [-0.25, -0.2) is 13.1 Å². The monoisotopic (exact) mass is 344 g/mol. The van der Waals surface area contributed by atoms with E-state index in [9.17, 15) is 8.42 Å². The third kappa shape index (κ3) is 4.28. The van der Waals surface area contributed by atoms with Crippen molar-refractivity contribution in [2.75, 3.05) is 0 Å².